The van der Waals surface area contributed by atoms with E-state index < -0.39 is 0 Å². The van der Waals surface area contributed by atoms with Crippen molar-refractivity contribution in [3.8, 4) is 0 Å². The van der Waals surface area contributed by atoms with Crippen LogP contribution in [-0.2, 0) is 0 Å². The summed E-state index contributed by atoms with van der Waals surface area (Å²) in [5.41, 5.74) is 0. The first-order valence-corrected chi connectivity index (χ1v) is 4.17. The Morgan fingerprint density at radius 1 is 1.67 bits per heavy atom. The Balaban J connectivity index is 2.57. The minimum Gasteiger partial charge on any atom is -0.103 e. The maximum Gasteiger partial charge on any atom is -0.0179 e. The summed E-state index contributed by atoms with van der Waals surface area (Å²) in [6, 6.07) is 0. The molecule has 0 aromatic heterocycles. The number of hydrogen-bond donors (Lipinski definition) is 0. The van der Waals surface area contributed by atoms with Crippen molar-refractivity contribution in [1.29, 1.82) is 0 Å². The van der Waals surface area contributed by atoms with Crippen LogP contribution in [0, 0.1) is 5.92 Å². The SMILES string of the molecule is CC1=CCC(C)C=CS1. The van der Waals surface area contributed by atoms with Gasteiger partial charge >= 0.3 is 0 Å². The van der Waals surface area contributed by atoms with Gasteiger partial charge < -0.3 is 0 Å². The summed E-state index contributed by atoms with van der Waals surface area (Å²) in [5, 5.41) is 2.18. The van der Waals surface area contributed by atoms with Gasteiger partial charge in [0, 0.05) is 0 Å². The number of thioether (sulfide) groups is 1. The minimum atomic E-state index is 0.731. The molecule has 1 aliphatic heterocycles. The predicted octanol–water partition coefficient (Wildman–Crippen LogP) is 3.18. The summed E-state index contributed by atoms with van der Waals surface area (Å²) in [5.74, 6) is 0.731. The second kappa shape index (κ2) is 3.11. The zero-order chi connectivity index (χ0) is 6.69. The second-order valence-electron chi connectivity index (χ2n) is 2.47. The molecule has 0 amide bonds. The van der Waals surface area contributed by atoms with Gasteiger partial charge in [0.1, 0.15) is 0 Å². The van der Waals surface area contributed by atoms with Crippen molar-refractivity contribution >= 4 is 11.8 Å². The molecule has 50 valence electrons. The minimum absolute atomic E-state index is 0.731. The van der Waals surface area contributed by atoms with Crippen molar-refractivity contribution in [2.45, 2.75) is 20.3 Å². The first-order chi connectivity index (χ1) is 4.29. The molecule has 0 saturated heterocycles. The molecule has 0 spiro atoms. The van der Waals surface area contributed by atoms with E-state index in [0.29, 0.717) is 0 Å². The molecule has 0 N–H and O–H groups in total. The summed E-state index contributed by atoms with van der Waals surface area (Å²) in [6.45, 7) is 4.40. The third kappa shape index (κ3) is 2.27. The molecule has 0 aromatic carbocycles. The predicted molar refractivity (Wildman–Crippen MR) is 44.3 cm³/mol. The summed E-state index contributed by atoms with van der Waals surface area (Å²) < 4.78 is 0. The van der Waals surface area contributed by atoms with Crippen LogP contribution in [0.1, 0.15) is 20.3 Å². The molecule has 0 saturated carbocycles. The van der Waals surface area contributed by atoms with Gasteiger partial charge in [-0.1, -0.05) is 19.1 Å². The summed E-state index contributed by atoms with van der Waals surface area (Å²) in [7, 11) is 0. The van der Waals surface area contributed by atoms with E-state index in [4.69, 9.17) is 0 Å². The molecular formula is C8H12S. The van der Waals surface area contributed by atoms with Gasteiger partial charge in [0.2, 0.25) is 0 Å². The number of rotatable bonds is 0. The van der Waals surface area contributed by atoms with Crippen LogP contribution in [0.4, 0.5) is 0 Å². The van der Waals surface area contributed by atoms with Gasteiger partial charge in [-0.05, 0) is 29.6 Å². The van der Waals surface area contributed by atoms with E-state index in [1.165, 1.54) is 11.3 Å². The van der Waals surface area contributed by atoms with Crippen LogP contribution in [-0.4, -0.2) is 0 Å². The van der Waals surface area contributed by atoms with Crippen molar-refractivity contribution in [2.75, 3.05) is 0 Å². The highest BCUT2D eigenvalue weighted by molar-refractivity contribution is 8.05. The Hall–Kier alpha value is -0.170. The van der Waals surface area contributed by atoms with Crippen LogP contribution in [0.3, 0.4) is 0 Å². The third-order valence-corrected chi connectivity index (χ3v) is 2.27. The molecule has 1 heteroatoms. The molecule has 9 heavy (non-hydrogen) atoms. The lowest BCUT2D eigenvalue weighted by Crippen LogP contribution is -1.82. The maximum absolute atomic E-state index is 2.30. The third-order valence-electron chi connectivity index (χ3n) is 1.44. The number of hydrogen-bond acceptors (Lipinski definition) is 1. The molecule has 0 aliphatic carbocycles. The van der Waals surface area contributed by atoms with Crippen molar-refractivity contribution in [3.63, 3.8) is 0 Å². The molecule has 0 aromatic rings. The Labute approximate surface area is 61.0 Å². The molecule has 1 rings (SSSR count). The Morgan fingerprint density at radius 2 is 2.44 bits per heavy atom. The zero-order valence-corrected chi connectivity index (χ0v) is 6.74. The van der Waals surface area contributed by atoms with Crippen molar-refractivity contribution < 1.29 is 0 Å². The van der Waals surface area contributed by atoms with Gasteiger partial charge in [-0.3, -0.25) is 0 Å². The highest BCUT2D eigenvalue weighted by atomic mass is 32.2. The van der Waals surface area contributed by atoms with Crippen LogP contribution < -0.4 is 0 Å². The van der Waals surface area contributed by atoms with E-state index in [2.05, 4.69) is 31.4 Å². The van der Waals surface area contributed by atoms with Gasteiger partial charge in [-0.2, -0.15) is 0 Å². The molecule has 0 fully saturated rings. The Morgan fingerprint density at radius 3 is 3.22 bits per heavy atom. The van der Waals surface area contributed by atoms with Crippen molar-refractivity contribution in [1.82, 2.24) is 0 Å². The van der Waals surface area contributed by atoms with E-state index in [-0.39, 0.29) is 0 Å². The number of allylic oxidation sites excluding steroid dienone is 3. The fraction of sp³-hybridized carbons (Fsp3) is 0.500. The average Bonchev–Trinajstić information content (AvgIpc) is 1.97. The smallest absolute Gasteiger partial charge is 0.0179 e. The molecule has 1 unspecified atom stereocenters. The monoisotopic (exact) mass is 140 g/mol. The highest BCUT2D eigenvalue weighted by Crippen LogP contribution is 2.23. The van der Waals surface area contributed by atoms with E-state index >= 15 is 0 Å². The Bertz CT molecular complexity index is 145. The summed E-state index contributed by atoms with van der Waals surface area (Å²) in [4.78, 5) is 1.43. The summed E-state index contributed by atoms with van der Waals surface area (Å²) >= 11 is 1.82. The van der Waals surface area contributed by atoms with Crippen LogP contribution >= 0.6 is 11.8 Å². The molecule has 1 heterocycles. The molecule has 1 atom stereocenters. The molecule has 1 aliphatic rings. The zero-order valence-electron chi connectivity index (χ0n) is 5.92. The van der Waals surface area contributed by atoms with E-state index in [0.717, 1.165) is 5.92 Å². The fourth-order valence-electron chi connectivity index (χ4n) is 0.759. The lowest BCUT2D eigenvalue weighted by molar-refractivity contribution is 0.746. The quantitative estimate of drug-likeness (QED) is 0.498. The molecule has 0 bridgehead atoms. The Kier molecular flexibility index (Phi) is 2.40. The highest BCUT2D eigenvalue weighted by Gasteiger charge is 1.98. The van der Waals surface area contributed by atoms with Crippen molar-refractivity contribution in [3.05, 3.63) is 22.5 Å². The van der Waals surface area contributed by atoms with Gasteiger partial charge in [-0.25, -0.2) is 0 Å². The maximum atomic E-state index is 2.30. The normalized spacial score (nSPS) is 27.3. The second-order valence-corrected chi connectivity index (χ2v) is 3.63. The van der Waals surface area contributed by atoms with Crippen LogP contribution in [0.15, 0.2) is 22.5 Å². The average molecular weight is 140 g/mol. The lowest BCUT2D eigenvalue weighted by Gasteiger charge is -1.95. The van der Waals surface area contributed by atoms with Crippen LogP contribution in [0.2, 0.25) is 0 Å². The van der Waals surface area contributed by atoms with Crippen LogP contribution in [0.25, 0.3) is 0 Å². The van der Waals surface area contributed by atoms with Crippen molar-refractivity contribution in [2.24, 2.45) is 5.92 Å². The lowest BCUT2D eigenvalue weighted by atomic mass is 10.1. The summed E-state index contributed by atoms with van der Waals surface area (Å²) in [6.07, 6.45) is 5.77. The first kappa shape index (κ1) is 6.94. The van der Waals surface area contributed by atoms with E-state index in [9.17, 15) is 0 Å². The van der Waals surface area contributed by atoms with Gasteiger partial charge in [-0.15, -0.1) is 11.8 Å². The standard InChI is InChI=1S/C8H12S/c1-7-3-4-8(2)9-6-5-7/h4-7H,3H2,1-2H3. The van der Waals surface area contributed by atoms with Crippen LogP contribution in [0.5, 0.6) is 0 Å². The fourth-order valence-corrected chi connectivity index (χ4v) is 1.51. The molecular weight excluding hydrogens is 128 g/mol. The molecule has 0 radical (unpaired) electrons. The van der Waals surface area contributed by atoms with Gasteiger partial charge in [0.25, 0.3) is 0 Å². The van der Waals surface area contributed by atoms with E-state index in [1.807, 2.05) is 11.8 Å². The first-order valence-electron chi connectivity index (χ1n) is 3.29. The van der Waals surface area contributed by atoms with Gasteiger partial charge in [0.05, 0.1) is 0 Å². The molecule has 0 nitrogen and oxygen atoms in total. The largest absolute Gasteiger partial charge is 0.103 e. The van der Waals surface area contributed by atoms with E-state index in [1.54, 1.807) is 0 Å². The van der Waals surface area contributed by atoms with Gasteiger partial charge in [0.15, 0.2) is 0 Å². The topological polar surface area (TPSA) is 0 Å².